The van der Waals surface area contributed by atoms with Crippen LogP contribution in [0.15, 0.2) is 48.5 Å². The largest absolute Gasteiger partial charge is 0.573 e. The van der Waals surface area contributed by atoms with Gasteiger partial charge in [-0.2, -0.15) is 12.7 Å². The lowest BCUT2D eigenvalue weighted by atomic mass is 10.2. The zero-order valence-corrected chi connectivity index (χ0v) is 21.4. The van der Waals surface area contributed by atoms with Gasteiger partial charge in [0.05, 0.1) is 6.54 Å². The fourth-order valence-corrected chi connectivity index (χ4v) is 7.28. The van der Waals surface area contributed by atoms with Gasteiger partial charge in [-0.15, -0.1) is 24.5 Å². The average molecular weight is 528 g/mol. The van der Waals surface area contributed by atoms with Crippen LogP contribution in [0.25, 0.3) is 10.1 Å². The first-order valence-corrected chi connectivity index (χ1v) is 13.5. The van der Waals surface area contributed by atoms with Crippen molar-refractivity contribution in [3.8, 4) is 5.75 Å². The van der Waals surface area contributed by atoms with Crippen molar-refractivity contribution < 1.29 is 26.3 Å². The molecule has 2 heterocycles. The number of ether oxygens (including phenoxy) is 1. The maximum absolute atomic E-state index is 13.9. The lowest BCUT2D eigenvalue weighted by molar-refractivity contribution is -0.274. The standard InChI is InChI=1S/C24H28F3N3O3S2/c1-17(2)28-12-14-29(15-13-28)35(31,32)30(23-18(3)21-6-4-5-7-22(21)34-23)16-19-8-10-20(11-9-19)33-24(25,26)27/h4-11,17H,12-16H2,1-3H3. The van der Waals surface area contributed by atoms with E-state index in [9.17, 15) is 21.6 Å². The Morgan fingerprint density at radius 3 is 2.23 bits per heavy atom. The Morgan fingerprint density at radius 1 is 1.03 bits per heavy atom. The smallest absolute Gasteiger partial charge is 0.406 e. The van der Waals surface area contributed by atoms with E-state index >= 15 is 0 Å². The summed E-state index contributed by atoms with van der Waals surface area (Å²) in [6.07, 6.45) is -4.79. The molecular weight excluding hydrogens is 499 g/mol. The quantitative estimate of drug-likeness (QED) is 0.414. The van der Waals surface area contributed by atoms with E-state index in [1.165, 1.54) is 44.2 Å². The highest BCUT2D eigenvalue weighted by Crippen LogP contribution is 2.40. The second kappa shape index (κ2) is 9.96. The highest BCUT2D eigenvalue weighted by Gasteiger charge is 2.35. The van der Waals surface area contributed by atoms with Crippen molar-refractivity contribution in [2.45, 2.75) is 39.7 Å². The summed E-state index contributed by atoms with van der Waals surface area (Å²) in [5.41, 5.74) is 1.41. The molecule has 1 aliphatic heterocycles. The number of halogens is 3. The Hall–Kier alpha value is -2.34. The molecule has 0 saturated carbocycles. The van der Waals surface area contributed by atoms with E-state index in [2.05, 4.69) is 23.5 Å². The van der Waals surface area contributed by atoms with Gasteiger partial charge in [-0.05, 0) is 55.5 Å². The van der Waals surface area contributed by atoms with Crippen molar-refractivity contribution in [3.63, 3.8) is 0 Å². The summed E-state index contributed by atoms with van der Waals surface area (Å²) in [6.45, 7) is 8.09. The maximum Gasteiger partial charge on any atom is 0.573 e. The number of alkyl halides is 3. The Bertz CT molecular complexity index is 1270. The van der Waals surface area contributed by atoms with Gasteiger partial charge in [0, 0.05) is 36.9 Å². The molecule has 1 saturated heterocycles. The summed E-state index contributed by atoms with van der Waals surface area (Å²) in [7, 11) is -3.89. The fourth-order valence-electron chi connectivity index (χ4n) is 4.21. The summed E-state index contributed by atoms with van der Waals surface area (Å²) >= 11 is 1.39. The monoisotopic (exact) mass is 527 g/mol. The van der Waals surface area contributed by atoms with Gasteiger partial charge in [-0.3, -0.25) is 4.90 Å². The number of rotatable bonds is 7. The fraction of sp³-hybridized carbons (Fsp3) is 0.417. The minimum absolute atomic E-state index is 0.00725. The molecule has 0 unspecified atom stereocenters. The number of hydrogen-bond donors (Lipinski definition) is 0. The molecule has 0 atom stereocenters. The highest BCUT2D eigenvalue weighted by atomic mass is 32.2. The lowest BCUT2D eigenvalue weighted by Crippen LogP contribution is -2.54. The molecule has 190 valence electrons. The van der Waals surface area contributed by atoms with Gasteiger partial charge in [0.2, 0.25) is 0 Å². The number of thiophene rings is 1. The first-order valence-electron chi connectivity index (χ1n) is 11.3. The SMILES string of the molecule is Cc1c(N(Cc2ccc(OC(F)(F)F)cc2)S(=O)(=O)N2CCN(C(C)C)CC2)sc2ccccc12. The van der Waals surface area contributed by atoms with Gasteiger partial charge < -0.3 is 4.74 Å². The molecule has 3 aromatic rings. The lowest BCUT2D eigenvalue weighted by Gasteiger charge is -2.38. The molecule has 0 amide bonds. The predicted octanol–water partition coefficient (Wildman–Crippen LogP) is 5.39. The van der Waals surface area contributed by atoms with Gasteiger partial charge in [-0.25, -0.2) is 4.31 Å². The van der Waals surface area contributed by atoms with Crippen LogP contribution in [0.4, 0.5) is 18.2 Å². The van der Waals surface area contributed by atoms with Gasteiger partial charge in [-0.1, -0.05) is 30.3 Å². The molecule has 0 N–H and O–H groups in total. The molecule has 4 rings (SSSR count). The van der Waals surface area contributed by atoms with Gasteiger partial charge >= 0.3 is 16.6 Å². The second-order valence-electron chi connectivity index (χ2n) is 8.76. The summed E-state index contributed by atoms with van der Waals surface area (Å²) in [4.78, 5) is 2.24. The number of benzene rings is 2. The molecule has 1 aromatic heterocycles. The Morgan fingerprint density at radius 2 is 1.66 bits per heavy atom. The van der Waals surface area contributed by atoms with Crippen LogP contribution in [0.5, 0.6) is 5.75 Å². The summed E-state index contributed by atoms with van der Waals surface area (Å²) in [5.74, 6) is -0.349. The van der Waals surface area contributed by atoms with Crippen molar-refractivity contribution in [2.24, 2.45) is 0 Å². The van der Waals surface area contributed by atoms with Gasteiger partial charge in [0.15, 0.2) is 0 Å². The van der Waals surface area contributed by atoms with Crippen molar-refractivity contribution >= 4 is 36.6 Å². The van der Waals surface area contributed by atoms with Gasteiger partial charge in [0.25, 0.3) is 0 Å². The summed E-state index contributed by atoms with van der Waals surface area (Å²) in [6, 6.07) is 13.4. The summed E-state index contributed by atoms with van der Waals surface area (Å²) in [5, 5.41) is 1.58. The normalized spacial score (nSPS) is 16.2. The molecule has 1 aliphatic rings. The Balaban J connectivity index is 1.68. The van der Waals surface area contributed by atoms with Crippen molar-refractivity contribution in [3.05, 3.63) is 59.7 Å². The van der Waals surface area contributed by atoms with Crippen LogP contribution in [0.3, 0.4) is 0 Å². The molecule has 11 heteroatoms. The van der Waals surface area contributed by atoms with Crippen molar-refractivity contribution in [1.82, 2.24) is 9.21 Å². The minimum atomic E-state index is -4.79. The number of fused-ring (bicyclic) bond motifs is 1. The molecule has 0 spiro atoms. The van der Waals surface area contributed by atoms with Crippen LogP contribution < -0.4 is 9.04 Å². The van der Waals surface area contributed by atoms with Crippen LogP contribution in [0.2, 0.25) is 0 Å². The molecule has 0 radical (unpaired) electrons. The van der Waals surface area contributed by atoms with E-state index in [-0.39, 0.29) is 12.3 Å². The Labute approximate surface area is 207 Å². The number of aryl methyl sites for hydroxylation is 1. The van der Waals surface area contributed by atoms with Crippen molar-refractivity contribution in [1.29, 1.82) is 0 Å². The van der Waals surface area contributed by atoms with E-state index in [4.69, 9.17) is 0 Å². The summed E-state index contributed by atoms with van der Waals surface area (Å²) < 4.78 is 73.3. The molecule has 0 aliphatic carbocycles. The zero-order chi connectivity index (χ0) is 25.4. The third-order valence-electron chi connectivity index (χ3n) is 6.14. The second-order valence-corrected chi connectivity index (χ2v) is 11.6. The molecular formula is C24H28F3N3O3S2. The zero-order valence-electron chi connectivity index (χ0n) is 19.7. The Kier molecular flexibility index (Phi) is 7.33. The van der Waals surface area contributed by atoms with Crippen LogP contribution in [0, 0.1) is 6.92 Å². The minimum Gasteiger partial charge on any atom is -0.406 e. The third-order valence-corrected chi connectivity index (χ3v) is 9.43. The molecule has 35 heavy (non-hydrogen) atoms. The van der Waals surface area contributed by atoms with Crippen LogP contribution in [-0.2, 0) is 16.8 Å². The average Bonchev–Trinajstić information content (AvgIpc) is 3.13. The van der Waals surface area contributed by atoms with Crippen LogP contribution in [0.1, 0.15) is 25.0 Å². The predicted molar refractivity (Wildman–Crippen MR) is 133 cm³/mol. The van der Waals surface area contributed by atoms with E-state index in [1.807, 2.05) is 31.2 Å². The molecule has 6 nitrogen and oxygen atoms in total. The molecule has 1 fully saturated rings. The van der Waals surface area contributed by atoms with E-state index in [0.717, 1.165) is 15.6 Å². The first kappa shape index (κ1) is 25.7. The van der Waals surface area contributed by atoms with Crippen molar-refractivity contribution in [2.75, 3.05) is 30.5 Å². The number of hydrogen-bond acceptors (Lipinski definition) is 5. The number of piperazine rings is 1. The van der Waals surface area contributed by atoms with E-state index in [1.54, 1.807) is 0 Å². The van der Waals surface area contributed by atoms with E-state index in [0.29, 0.717) is 42.8 Å². The maximum atomic E-state index is 13.9. The number of anilines is 1. The van der Waals surface area contributed by atoms with Gasteiger partial charge in [0.1, 0.15) is 10.8 Å². The topological polar surface area (TPSA) is 53.1 Å². The van der Waals surface area contributed by atoms with Crippen LogP contribution in [-0.4, -0.2) is 56.2 Å². The molecule has 2 aromatic carbocycles. The highest BCUT2D eigenvalue weighted by molar-refractivity contribution is 7.90. The number of nitrogens with zero attached hydrogens (tertiary/aromatic N) is 3. The van der Waals surface area contributed by atoms with Crippen LogP contribution >= 0.6 is 11.3 Å². The molecule has 0 bridgehead atoms. The first-order chi connectivity index (χ1) is 16.5. The van der Waals surface area contributed by atoms with E-state index < -0.39 is 16.6 Å². The third kappa shape index (κ3) is 5.74.